The Bertz CT molecular complexity index is 1450. The number of carbonyl (C=O) groups excluding carboxylic acids is 2. The predicted molar refractivity (Wildman–Crippen MR) is 258 cm³/mol. The topological polar surface area (TPSA) is 191 Å². The van der Waals surface area contributed by atoms with Gasteiger partial charge in [0, 0.05) is 14.2 Å². The van der Waals surface area contributed by atoms with E-state index in [1.807, 2.05) is 24.3 Å². The fourth-order valence-electron chi connectivity index (χ4n) is 4.97. The zero-order valence-corrected chi connectivity index (χ0v) is 41.2. The van der Waals surface area contributed by atoms with Crippen molar-refractivity contribution in [3.05, 3.63) is 83.9 Å². The second-order valence-corrected chi connectivity index (χ2v) is 13.9. The maximum Gasteiger partial charge on any atom is 0.338 e. The number of esters is 2. The van der Waals surface area contributed by atoms with Gasteiger partial charge in [-0.3, -0.25) is 0 Å². The molecule has 0 N–H and O–H groups in total. The van der Waals surface area contributed by atoms with E-state index in [0.717, 1.165) is 11.1 Å². The maximum atomic E-state index is 11.9. The van der Waals surface area contributed by atoms with Crippen molar-refractivity contribution in [3.8, 4) is 0 Å². The van der Waals surface area contributed by atoms with Crippen LogP contribution in [0.5, 0.6) is 0 Å². The summed E-state index contributed by atoms with van der Waals surface area (Å²) in [4.78, 5) is 23.8. The third-order valence-electron chi connectivity index (χ3n) is 8.64. The second-order valence-electron chi connectivity index (χ2n) is 13.9. The zero-order chi connectivity index (χ0) is 49.8. The molecule has 0 saturated heterocycles. The Balaban J connectivity index is 0.000000693. The molecule has 19 heteroatoms. The highest BCUT2D eigenvalue weighted by atomic mass is 16.6. The molecule has 0 radical (unpaired) electrons. The van der Waals surface area contributed by atoms with E-state index in [-0.39, 0.29) is 25.2 Å². The van der Waals surface area contributed by atoms with Gasteiger partial charge in [-0.2, -0.15) is 0 Å². The van der Waals surface area contributed by atoms with Crippen LogP contribution in [0.2, 0.25) is 0 Å². The standard InChI is InChI=1S/C26H42O10.C24H38O9/c1-3-24-4-6-25(7-5-24)26(27)36-23-22-35-21-20-34-19-18-33-17-16-32-15-14-31-13-12-30-11-10-29-9-8-28-2;1-3-22-4-6-23(7-5-22)24(25)33-21-20-32-19-18-31-17-16-30-15-14-29-13-12-28-11-10-27-9-8-26-2/h3-7H,1,8-23H2,2H3;3-7H,1,8-21H2,2H3. The molecule has 0 saturated carbocycles. The highest BCUT2D eigenvalue weighted by Crippen LogP contribution is 2.08. The molecule has 2 aromatic carbocycles. The van der Waals surface area contributed by atoms with Crippen LogP contribution in [0.4, 0.5) is 0 Å². The second kappa shape index (κ2) is 50.6. The van der Waals surface area contributed by atoms with Gasteiger partial charge in [-0.05, 0) is 35.4 Å². The number of hydrogen-bond donors (Lipinski definition) is 0. The first kappa shape index (κ1) is 63.3. The number of benzene rings is 2. The normalized spacial score (nSPS) is 11.0. The number of carbonyl (C=O) groups is 2. The summed E-state index contributed by atoms with van der Waals surface area (Å²) in [5.74, 6) is -0.748. The Morgan fingerprint density at radius 3 is 0.652 bits per heavy atom. The smallest absolute Gasteiger partial charge is 0.338 e. The van der Waals surface area contributed by atoms with Crippen LogP contribution in [0.15, 0.2) is 61.7 Å². The lowest BCUT2D eigenvalue weighted by Gasteiger charge is -2.09. The first-order valence-corrected chi connectivity index (χ1v) is 23.3. The molecule has 0 fully saturated rings. The van der Waals surface area contributed by atoms with Crippen LogP contribution >= 0.6 is 0 Å². The van der Waals surface area contributed by atoms with Crippen LogP contribution in [-0.4, -0.2) is 224 Å². The van der Waals surface area contributed by atoms with E-state index in [0.29, 0.717) is 196 Å². The Morgan fingerprint density at radius 1 is 0.304 bits per heavy atom. The first-order valence-electron chi connectivity index (χ1n) is 23.3. The summed E-state index contributed by atoms with van der Waals surface area (Å²) in [7, 11) is 3.28. The largest absolute Gasteiger partial charge is 0.460 e. The molecule has 0 unspecified atom stereocenters. The van der Waals surface area contributed by atoms with E-state index in [1.165, 1.54) is 0 Å². The Hall–Kier alpha value is -3.74. The monoisotopic (exact) mass is 985 g/mol. The molecule has 0 atom stereocenters. The third kappa shape index (κ3) is 41.7. The minimum atomic E-state index is -0.375. The van der Waals surface area contributed by atoms with Gasteiger partial charge in [-0.25, -0.2) is 9.59 Å². The molecule has 2 rings (SSSR count). The van der Waals surface area contributed by atoms with Gasteiger partial charge in [0.1, 0.15) is 13.2 Å². The quantitative estimate of drug-likeness (QED) is 0.0666. The lowest BCUT2D eigenvalue weighted by Crippen LogP contribution is -2.15. The van der Waals surface area contributed by atoms with Gasteiger partial charge in [-0.1, -0.05) is 49.6 Å². The minimum absolute atomic E-state index is 0.190. The summed E-state index contributed by atoms with van der Waals surface area (Å²) in [6.07, 6.45) is 3.43. The van der Waals surface area contributed by atoms with Gasteiger partial charge < -0.3 is 80.5 Å². The van der Waals surface area contributed by atoms with Gasteiger partial charge >= 0.3 is 11.9 Å². The molecule has 394 valence electrons. The molecule has 19 nitrogen and oxygen atoms in total. The molecule has 2 aromatic rings. The number of hydrogen-bond acceptors (Lipinski definition) is 19. The van der Waals surface area contributed by atoms with E-state index in [9.17, 15) is 9.59 Å². The van der Waals surface area contributed by atoms with Crippen LogP contribution < -0.4 is 0 Å². The van der Waals surface area contributed by atoms with Crippen molar-refractivity contribution in [1.82, 2.24) is 0 Å². The summed E-state index contributed by atoms with van der Waals surface area (Å²) >= 11 is 0. The number of methoxy groups -OCH3 is 2. The van der Waals surface area contributed by atoms with Crippen LogP contribution in [0.25, 0.3) is 12.2 Å². The predicted octanol–water partition coefficient (Wildman–Crippen LogP) is 4.48. The number of rotatable bonds is 49. The fourth-order valence-corrected chi connectivity index (χ4v) is 4.97. The van der Waals surface area contributed by atoms with Gasteiger partial charge in [0.05, 0.1) is 196 Å². The summed E-state index contributed by atoms with van der Waals surface area (Å²) in [6, 6.07) is 14.1. The van der Waals surface area contributed by atoms with Crippen LogP contribution in [0.3, 0.4) is 0 Å². The molecule has 0 aromatic heterocycles. The highest BCUT2D eigenvalue weighted by molar-refractivity contribution is 5.90. The molecule has 0 amide bonds. The third-order valence-corrected chi connectivity index (χ3v) is 8.64. The SMILES string of the molecule is C=Cc1ccc(C(=O)OCCOCCOCCOCCOCCOCCOCCOC)cc1.C=Cc1ccc(C(=O)OCCOCCOCCOCCOCCOCCOCCOCCOC)cc1. The molecular weight excluding hydrogens is 905 g/mol. The molecular formula is C50H80O19. The van der Waals surface area contributed by atoms with E-state index in [4.69, 9.17) is 80.5 Å². The van der Waals surface area contributed by atoms with Gasteiger partial charge in [-0.15, -0.1) is 0 Å². The van der Waals surface area contributed by atoms with Crippen molar-refractivity contribution < 1.29 is 90.1 Å². The van der Waals surface area contributed by atoms with Crippen molar-refractivity contribution in [2.24, 2.45) is 0 Å². The summed E-state index contributed by atoms with van der Waals surface area (Å²) in [5.41, 5.74) is 2.90. The summed E-state index contributed by atoms with van der Waals surface area (Å²) in [5, 5.41) is 0. The summed E-state index contributed by atoms with van der Waals surface area (Å²) < 4.78 is 90.1. The van der Waals surface area contributed by atoms with Gasteiger partial charge in [0.2, 0.25) is 0 Å². The van der Waals surface area contributed by atoms with Crippen molar-refractivity contribution in [3.63, 3.8) is 0 Å². The molecule has 0 aliphatic carbocycles. The molecule has 69 heavy (non-hydrogen) atoms. The highest BCUT2D eigenvalue weighted by Gasteiger charge is 2.07. The molecule has 0 heterocycles. The van der Waals surface area contributed by atoms with Crippen LogP contribution in [0, 0.1) is 0 Å². The summed E-state index contributed by atoms with van der Waals surface area (Å²) in [6.45, 7) is 21.7. The lowest BCUT2D eigenvalue weighted by molar-refractivity contribution is -0.0235. The molecule has 0 bridgehead atoms. The van der Waals surface area contributed by atoms with E-state index in [1.54, 1.807) is 50.6 Å². The minimum Gasteiger partial charge on any atom is -0.460 e. The van der Waals surface area contributed by atoms with E-state index >= 15 is 0 Å². The first-order chi connectivity index (χ1) is 34.0. The fraction of sp³-hybridized carbons (Fsp3) is 0.640. The Labute approximate surface area is 409 Å². The van der Waals surface area contributed by atoms with Gasteiger partial charge in [0.25, 0.3) is 0 Å². The average molecular weight is 985 g/mol. The zero-order valence-electron chi connectivity index (χ0n) is 41.2. The van der Waals surface area contributed by atoms with Crippen molar-refractivity contribution in [1.29, 1.82) is 0 Å². The van der Waals surface area contributed by atoms with Crippen molar-refractivity contribution >= 4 is 24.1 Å². The van der Waals surface area contributed by atoms with Crippen molar-refractivity contribution in [2.75, 3.05) is 212 Å². The number of ether oxygens (including phenoxy) is 17. The average Bonchev–Trinajstić information content (AvgIpc) is 3.38. The molecule has 0 aliphatic rings. The molecule has 0 aliphatic heterocycles. The van der Waals surface area contributed by atoms with Crippen molar-refractivity contribution in [2.45, 2.75) is 0 Å². The van der Waals surface area contributed by atoms with Crippen LogP contribution in [-0.2, 0) is 80.5 Å². The lowest BCUT2D eigenvalue weighted by atomic mass is 10.1. The van der Waals surface area contributed by atoms with Gasteiger partial charge in [0.15, 0.2) is 0 Å². The molecule has 0 spiro atoms. The Kier molecular flexibility index (Phi) is 46.4. The maximum absolute atomic E-state index is 11.9. The van der Waals surface area contributed by atoms with Crippen LogP contribution in [0.1, 0.15) is 31.8 Å². The Morgan fingerprint density at radius 2 is 0.478 bits per heavy atom. The van der Waals surface area contributed by atoms with E-state index in [2.05, 4.69) is 13.2 Å². The van der Waals surface area contributed by atoms with E-state index < -0.39 is 0 Å².